The summed E-state index contributed by atoms with van der Waals surface area (Å²) in [6, 6.07) is 0.479. The van der Waals surface area contributed by atoms with Gasteiger partial charge in [0.1, 0.15) is 17.3 Å². The summed E-state index contributed by atoms with van der Waals surface area (Å²) in [4.78, 5) is 8.54. The topological polar surface area (TPSA) is 37.8 Å². The van der Waals surface area contributed by atoms with Gasteiger partial charge in [0.15, 0.2) is 0 Å². The van der Waals surface area contributed by atoms with Crippen molar-refractivity contribution in [1.29, 1.82) is 0 Å². The van der Waals surface area contributed by atoms with Gasteiger partial charge in [0.25, 0.3) is 0 Å². The Kier molecular flexibility index (Phi) is 4.16. The average Bonchev–Trinajstić information content (AvgIpc) is 3.05. The maximum Gasteiger partial charge on any atom is 0.137 e. The van der Waals surface area contributed by atoms with Gasteiger partial charge >= 0.3 is 0 Å². The van der Waals surface area contributed by atoms with Crippen LogP contribution in [0.1, 0.15) is 51.5 Å². The van der Waals surface area contributed by atoms with Crippen molar-refractivity contribution in [3.05, 3.63) is 17.0 Å². The van der Waals surface area contributed by atoms with E-state index in [-0.39, 0.29) is 0 Å². The van der Waals surface area contributed by atoms with Crippen molar-refractivity contribution in [1.82, 2.24) is 9.97 Å². The molecule has 0 aliphatic heterocycles. The highest BCUT2D eigenvalue weighted by Gasteiger charge is 2.41. The fourth-order valence-electron chi connectivity index (χ4n) is 4.22. The van der Waals surface area contributed by atoms with E-state index in [4.69, 9.17) is 11.6 Å². The first-order valence-corrected chi connectivity index (χ1v) is 8.32. The number of nitrogens with one attached hydrogen (secondary N) is 1. The van der Waals surface area contributed by atoms with Crippen molar-refractivity contribution in [3.8, 4) is 0 Å². The summed E-state index contributed by atoms with van der Waals surface area (Å²) in [5.74, 6) is 3.66. The maximum absolute atomic E-state index is 6.22. The lowest BCUT2D eigenvalue weighted by Gasteiger charge is -2.29. The van der Waals surface area contributed by atoms with E-state index in [1.165, 1.54) is 25.7 Å². The monoisotopic (exact) mass is 293 g/mol. The molecule has 4 unspecified atom stereocenters. The molecule has 1 aromatic rings. The summed E-state index contributed by atoms with van der Waals surface area (Å²) >= 11 is 6.22. The molecule has 2 saturated carbocycles. The molecule has 0 aromatic carbocycles. The molecular weight excluding hydrogens is 270 g/mol. The number of rotatable bonds is 5. The smallest absolute Gasteiger partial charge is 0.137 e. The number of halogens is 1. The van der Waals surface area contributed by atoms with Gasteiger partial charge in [-0.25, -0.2) is 9.97 Å². The normalized spacial score (nSPS) is 29.6. The van der Waals surface area contributed by atoms with Gasteiger partial charge in [0, 0.05) is 11.6 Å². The first-order valence-electron chi connectivity index (χ1n) is 7.95. The second kappa shape index (κ2) is 5.88. The molecule has 3 nitrogen and oxygen atoms in total. The third kappa shape index (κ3) is 2.65. The molecule has 2 aliphatic rings. The van der Waals surface area contributed by atoms with Crippen LogP contribution in [0.3, 0.4) is 0 Å². The predicted molar refractivity (Wildman–Crippen MR) is 83.1 cm³/mol. The van der Waals surface area contributed by atoms with Gasteiger partial charge in [-0.2, -0.15) is 0 Å². The standard InChI is InChI=1S/C16H24ClN3/c1-3-4-13-15(17)18-9-19-16(13)20-10(2)14-8-11-5-6-12(14)7-11/h9-12,14H,3-8H2,1-2H3,(H,18,19,20). The van der Waals surface area contributed by atoms with Crippen molar-refractivity contribution in [3.63, 3.8) is 0 Å². The van der Waals surface area contributed by atoms with E-state index >= 15 is 0 Å². The number of hydrogen-bond acceptors (Lipinski definition) is 3. The van der Waals surface area contributed by atoms with Crippen LogP contribution >= 0.6 is 11.6 Å². The van der Waals surface area contributed by atoms with Crippen LogP contribution < -0.4 is 5.32 Å². The molecule has 4 atom stereocenters. The van der Waals surface area contributed by atoms with Gasteiger partial charge in [-0.3, -0.25) is 0 Å². The van der Waals surface area contributed by atoms with Crippen LogP contribution in [0, 0.1) is 17.8 Å². The summed E-state index contributed by atoms with van der Waals surface area (Å²) in [6.45, 7) is 4.46. The summed E-state index contributed by atoms with van der Waals surface area (Å²) in [6.07, 6.45) is 9.28. The zero-order chi connectivity index (χ0) is 14.1. The van der Waals surface area contributed by atoms with Crippen LogP contribution in [0.4, 0.5) is 5.82 Å². The summed E-state index contributed by atoms with van der Waals surface area (Å²) in [7, 11) is 0. The Labute approximate surface area is 126 Å². The molecule has 4 heteroatoms. The molecule has 0 amide bonds. The SMILES string of the molecule is CCCc1c(Cl)ncnc1NC(C)C1CC2CCC1C2. The van der Waals surface area contributed by atoms with E-state index in [2.05, 4.69) is 29.1 Å². The lowest BCUT2D eigenvalue weighted by molar-refractivity contribution is 0.304. The Morgan fingerprint density at radius 1 is 1.35 bits per heavy atom. The van der Waals surface area contributed by atoms with Crippen LogP contribution in [0.5, 0.6) is 0 Å². The Bertz CT molecular complexity index is 477. The number of nitrogens with zero attached hydrogens (tertiary/aromatic N) is 2. The maximum atomic E-state index is 6.22. The van der Waals surface area contributed by atoms with Crippen LogP contribution in [-0.2, 0) is 6.42 Å². The van der Waals surface area contributed by atoms with Gasteiger partial charge < -0.3 is 5.32 Å². The van der Waals surface area contributed by atoms with Crippen molar-refractivity contribution in [2.75, 3.05) is 5.32 Å². The van der Waals surface area contributed by atoms with Crippen molar-refractivity contribution in [2.45, 2.75) is 58.4 Å². The zero-order valence-corrected chi connectivity index (χ0v) is 13.2. The van der Waals surface area contributed by atoms with E-state index in [0.717, 1.165) is 42.0 Å². The van der Waals surface area contributed by atoms with E-state index in [1.54, 1.807) is 6.33 Å². The van der Waals surface area contributed by atoms with Crippen molar-refractivity contribution >= 4 is 17.4 Å². The molecule has 1 N–H and O–H groups in total. The van der Waals surface area contributed by atoms with Gasteiger partial charge in [0.2, 0.25) is 0 Å². The number of anilines is 1. The first kappa shape index (κ1) is 14.1. The Balaban J connectivity index is 1.72. The molecule has 0 radical (unpaired) electrons. The van der Waals surface area contributed by atoms with E-state index < -0.39 is 0 Å². The lowest BCUT2D eigenvalue weighted by Crippen LogP contribution is -2.30. The predicted octanol–water partition coefficient (Wildman–Crippen LogP) is 4.32. The second-order valence-electron chi connectivity index (χ2n) is 6.51. The molecule has 20 heavy (non-hydrogen) atoms. The number of fused-ring (bicyclic) bond motifs is 2. The molecule has 2 fully saturated rings. The minimum Gasteiger partial charge on any atom is -0.367 e. The van der Waals surface area contributed by atoms with Gasteiger partial charge in [-0.15, -0.1) is 0 Å². The van der Waals surface area contributed by atoms with Crippen LogP contribution in [0.15, 0.2) is 6.33 Å². The third-order valence-corrected chi connectivity index (χ3v) is 5.52. The molecule has 3 rings (SSSR count). The third-order valence-electron chi connectivity index (χ3n) is 5.19. The largest absolute Gasteiger partial charge is 0.367 e. The van der Waals surface area contributed by atoms with Crippen LogP contribution in [0.25, 0.3) is 0 Å². The molecule has 1 aromatic heterocycles. The zero-order valence-electron chi connectivity index (χ0n) is 12.4. The second-order valence-corrected chi connectivity index (χ2v) is 6.87. The minimum atomic E-state index is 0.479. The number of hydrogen-bond donors (Lipinski definition) is 1. The molecule has 2 bridgehead atoms. The summed E-state index contributed by atoms with van der Waals surface area (Å²) in [5, 5.41) is 4.23. The Morgan fingerprint density at radius 3 is 2.85 bits per heavy atom. The number of aromatic nitrogens is 2. The molecular formula is C16H24ClN3. The fourth-order valence-corrected chi connectivity index (χ4v) is 4.44. The summed E-state index contributed by atoms with van der Waals surface area (Å²) in [5.41, 5.74) is 1.08. The molecule has 2 aliphatic carbocycles. The highest BCUT2D eigenvalue weighted by Crippen LogP contribution is 2.49. The molecule has 0 spiro atoms. The first-order chi connectivity index (χ1) is 9.69. The van der Waals surface area contributed by atoms with E-state index in [0.29, 0.717) is 11.2 Å². The highest BCUT2D eigenvalue weighted by molar-refractivity contribution is 6.30. The fraction of sp³-hybridized carbons (Fsp3) is 0.750. The van der Waals surface area contributed by atoms with Gasteiger partial charge in [-0.05, 0) is 50.4 Å². The van der Waals surface area contributed by atoms with Crippen LogP contribution in [0.2, 0.25) is 5.15 Å². The van der Waals surface area contributed by atoms with Gasteiger partial charge in [-0.1, -0.05) is 31.4 Å². The van der Waals surface area contributed by atoms with E-state index in [1.807, 2.05) is 0 Å². The minimum absolute atomic E-state index is 0.479. The van der Waals surface area contributed by atoms with Gasteiger partial charge in [0.05, 0.1) is 0 Å². The Hall–Kier alpha value is -0.830. The van der Waals surface area contributed by atoms with E-state index in [9.17, 15) is 0 Å². The average molecular weight is 294 g/mol. The molecule has 1 heterocycles. The lowest BCUT2D eigenvalue weighted by atomic mass is 9.84. The van der Waals surface area contributed by atoms with Crippen molar-refractivity contribution in [2.24, 2.45) is 17.8 Å². The highest BCUT2D eigenvalue weighted by atomic mass is 35.5. The van der Waals surface area contributed by atoms with Crippen LogP contribution in [-0.4, -0.2) is 16.0 Å². The Morgan fingerprint density at radius 2 is 2.20 bits per heavy atom. The quantitative estimate of drug-likeness (QED) is 0.822. The molecule has 110 valence electrons. The van der Waals surface area contributed by atoms with Crippen molar-refractivity contribution < 1.29 is 0 Å². The molecule has 0 saturated heterocycles. The summed E-state index contributed by atoms with van der Waals surface area (Å²) < 4.78 is 0.